The van der Waals surface area contributed by atoms with Gasteiger partial charge in [-0.05, 0) is 36.4 Å². The second-order valence-corrected chi connectivity index (χ2v) is 7.98. The number of carbonyl (C=O) groups excluding carboxylic acids is 2. The molecule has 0 aliphatic heterocycles. The van der Waals surface area contributed by atoms with Gasteiger partial charge in [-0.25, -0.2) is 8.42 Å². The SMILES string of the molecule is CCN(CC)S(=O)(=O)c1ccc(NC(=O)CNC(=O)c2ccccc2OC)cc1. The van der Waals surface area contributed by atoms with E-state index in [0.717, 1.165) is 0 Å². The Kier molecular flexibility index (Phi) is 7.74. The molecular formula is C20H25N3O5S. The molecule has 8 nitrogen and oxygen atoms in total. The lowest BCUT2D eigenvalue weighted by Crippen LogP contribution is -2.33. The van der Waals surface area contributed by atoms with E-state index in [4.69, 9.17) is 4.74 Å². The molecule has 0 bridgehead atoms. The fourth-order valence-corrected chi connectivity index (χ4v) is 4.17. The molecule has 0 spiro atoms. The van der Waals surface area contributed by atoms with Crippen LogP contribution in [-0.4, -0.2) is 51.3 Å². The molecule has 0 saturated heterocycles. The zero-order valence-electron chi connectivity index (χ0n) is 16.6. The zero-order valence-corrected chi connectivity index (χ0v) is 17.5. The molecule has 2 rings (SSSR count). The maximum atomic E-state index is 12.5. The van der Waals surface area contributed by atoms with Crippen LogP contribution in [0.5, 0.6) is 5.75 Å². The number of hydrogen-bond donors (Lipinski definition) is 2. The van der Waals surface area contributed by atoms with Gasteiger partial charge in [0.1, 0.15) is 5.75 Å². The molecule has 9 heteroatoms. The summed E-state index contributed by atoms with van der Waals surface area (Å²) in [7, 11) is -2.09. The summed E-state index contributed by atoms with van der Waals surface area (Å²) in [6.07, 6.45) is 0. The van der Waals surface area contributed by atoms with Crippen molar-refractivity contribution >= 4 is 27.5 Å². The Hall–Kier alpha value is -2.91. The van der Waals surface area contributed by atoms with Crippen molar-refractivity contribution in [3.63, 3.8) is 0 Å². The Labute approximate surface area is 170 Å². The smallest absolute Gasteiger partial charge is 0.255 e. The third kappa shape index (κ3) is 5.55. The predicted molar refractivity (Wildman–Crippen MR) is 111 cm³/mol. The van der Waals surface area contributed by atoms with Gasteiger partial charge in [-0.1, -0.05) is 26.0 Å². The molecule has 0 aliphatic rings. The molecule has 0 unspecified atom stereocenters. The van der Waals surface area contributed by atoms with Gasteiger partial charge in [0.2, 0.25) is 15.9 Å². The highest BCUT2D eigenvalue weighted by Gasteiger charge is 2.21. The number of hydrogen-bond acceptors (Lipinski definition) is 5. The summed E-state index contributed by atoms with van der Waals surface area (Å²) in [6, 6.07) is 12.6. The average molecular weight is 420 g/mol. The van der Waals surface area contributed by atoms with E-state index in [1.807, 2.05) is 0 Å². The van der Waals surface area contributed by atoms with Gasteiger partial charge in [-0.3, -0.25) is 9.59 Å². The van der Waals surface area contributed by atoms with Crippen LogP contribution in [0.1, 0.15) is 24.2 Å². The van der Waals surface area contributed by atoms with E-state index in [2.05, 4.69) is 10.6 Å². The maximum absolute atomic E-state index is 12.5. The fourth-order valence-electron chi connectivity index (χ4n) is 2.72. The summed E-state index contributed by atoms with van der Waals surface area (Å²) in [5, 5.41) is 5.15. The minimum Gasteiger partial charge on any atom is -0.496 e. The topological polar surface area (TPSA) is 105 Å². The summed E-state index contributed by atoms with van der Waals surface area (Å²) in [6.45, 7) is 4.06. The van der Waals surface area contributed by atoms with Gasteiger partial charge in [0, 0.05) is 18.8 Å². The van der Waals surface area contributed by atoms with E-state index in [1.54, 1.807) is 38.1 Å². The standard InChI is InChI=1S/C20H25N3O5S/c1-4-23(5-2)29(26,27)16-12-10-15(11-13-16)22-19(24)14-21-20(25)17-8-6-7-9-18(17)28-3/h6-13H,4-5,14H2,1-3H3,(H,21,25)(H,22,24). The van der Waals surface area contributed by atoms with Crippen LogP contribution in [-0.2, 0) is 14.8 Å². The minimum atomic E-state index is -3.55. The summed E-state index contributed by atoms with van der Waals surface area (Å²) in [5.41, 5.74) is 0.758. The van der Waals surface area contributed by atoms with E-state index in [0.29, 0.717) is 30.1 Å². The van der Waals surface area contributed by atoms with Crippen LogP contribution in [0.2, 0.25) is 0 Å². The molecule has 0 aromatic heterocycles. The minimum absolute atomic E-state index is 0.156. The second-order valence-electron chi connectivity index (χ2n) is 6.04. The van der Waals surface area contributed by atoms with Gasteiger partial charge in [-0.15, -0.1) is 0 Å². The zero-order chi connectivity index (χ0) is 21.4. The quantitative estimate of drug-likeness (QED) is 0.648. The molecule has 0 heterocycles. The lowest BCUT2D eigenvalue weighted by Gasteiger charge is -2.18. The number of carbonyl (C=O) groups is 2. The first kappa shape index (κ1) is 22.4. The monoisotopic (exact) mass is 419 g/mol. The molecule has 2 N–H and O–H groups in total. The highest BCUT2D eigenvalue weighted by molar-refractivity contribution is 7.89. The van der Waals surface area contributed by atoms with Crippen molar-refractivity contribution in [1.82, 2.24) is 9.62 Å². The molecule has 0 saturated carbocycles. The summed E-state index contributed by atoms with van der Waals surface area (Å²) in [5.74, 6) is -0.457. The summed E-state index contributed by atoms with van der Waals surface area (Å²) < 4.78 is 31.4. The maximum Gasteiger partial charge on any atom is 0.255 e. The molecule has 29 heavy (non-hydrogen) atoms. The normalized spacial score (nSPS) is 11.2. The first-order chi connectivity index (χ1) is 13.8. The Balaban J connectivity index is 1.97. The Morgan fingerprint density at radius 1 is 1.00 bits per heavy atom. The number of benzene rings is 2. The van der Waals surface area contributed by atoms with Crippen LogP contribution >= 0.6 is 0 Å². The van der Waals surface area contributed by atoms with Crippen molar-refractivity contribution in [2.45, 2.75) is 18.7 Å². The van der Waals surface area contributed by atoms with E-state index in [9.17, 15) is 18.0 Å². The highest BCUT2D eigenvalue weighted by atomic mass is 32.2. The van der Waals surface area contributed by atoms with Crippen molar-refractivity contribution in [1.29, 1.82) is 0 Å². The Morgan fingerprint density at radius 3 is 2.21 bits per heavy atom. The lowest BCUT2D eigenvalue weighted by molar-refractivity contribution is -0.115. The molecule has 0 aliphatic carbocycles. The molecular weight excluding hydrogens is 394 g/mol. The van der Waals surface area contributed by atoms with Gasteiger partial charge in [-0.2, -0.15) is 4.31 Å². The number of para-hydroxylation sites is 1. The van der Waals surface area contributed by atoms with Crippen LogP contribution in [0.3, 0.4) is 0 Å². The average Bonchev–Trinajstić information content (AvgIpc) is 2.73. The van der Waals surface area contributed by atoms with Crippen molar-refractivity contribution in [2.24, 2.45) is 0 Å². The van der Waals surface area contributed by atoms with Crippen molar-refractivity contribution < 1.29 is 22.7 Å². The van der Waals surface area contributed by atoms with E-state index < -0.39 is 21.8 Å². The number of methoxy groups -OCH3 is 1. The molecule has 2 aromatic carbocycles. The number of anilines is 1. The number of rotatable bonds is 9. The van der Waals surface area contributed by atoms with Gasteiger partial charge in [0.25, 0.3) is 5.91 Å². The van der Waals surface area contributed by atoms with Crippen LogP contribution in [0.4, 0.5) is 5.69 Å². The van der Waals surface area contributed by atoms with E-state index >= 15 is 0 Å². The largest absolute Gasteiger partial charge is 0.496 e. The third-order valence-electron chi connectivity index (χ3n) is 4.24. The van der Waals surface area contributed by atoms with Gasteiger partial charge >= 0.3 is 0 Å². The fraction of sp³-hybridized carbons (Fsp3) is 0.300. The van der Waals surface area contributed by atoms with Crippen LogP contribution in [0, 0.1) is 0 Å². The highest BCUT2D eigenvalue weighted by Crippen LogP contribution is 2.19. The Morgan fingerprint density at radius 2 is 1.62 bits per heavy atom. The van der Waals surface area contributed by atoms with Gasteiger partial charge in [0.15, 0.2) is 0 Å². The van der Waals surface area contributed by atoms with Crippen molar-refractivity contribution in [3.05, 3.63) is 54.1 Å². The number of ether oxygens (including phenoxy) is 1. The van der Waals surface area contributed by atoms with Crippen molar-refractivity contribution in [2.75, 3.05) is 32.1 Å². The number of amides is 2. The van der Waals surface area contributed by atoms with Crippen LogP contribution in [0.15, 0.2) is 53.4 Å². The molecule has 0 fully saturated rings. The first-order valence-corrected chi connectivity index (χ1v) is 10.6. The Bertz CT molecular complexity index is 954. The summed E-state index contributed by atoms with van der Waals surface area (Å²) >= 11 is 0. The van der Waals surface area contributed by atoms with Crippen LogP contribution in [0.25, 0.3) is 0 Å². The van der Waals surface area contributed by atoms with E-state index in [1.165, 1.54) is 35.7 Å². The third-order valence-corrected chi connectivity index (χ3v) is 6.31. The molecule has 156 valence electrons. The van der Waals surface area contributed by atoms with Crippen molar-refractivity contribution in [3.8, 4) is 5.75 Å². The first-order valence-electron chi connectivity index (χ1n) is 9.14. The van der Waals surface area contributed by atoms with Crippen LogP contribution < -0.4 is 15.4 Å². The molecule has 2 aromatic rings. The summed E-state index contributed by atoms with van der Waals surface area (Å²) in [4.78, 5) is 24.5. The lowest BCUT2D eigenvalue weighted by atomic mass is 10.2. The molecule has 0 radical (unpaired) electrons. The van der Waals surface area contributed by atoms with Gasteiger partial charge in [0.05, 0.1) is 24.1 Å². The van der Waals surface area contributed by atoms with Gasteiger partial charge < -0.3 is 15.4 Å². The molecule has 2 amide bonds. The number of nitrogens with one attached hydrogen (secondary N) is 2. The molecule has 0 atom stereocenters. The predicted octanol–water partition coefficient (Wildman–Crippen LogP) is 2.09. The second kappa shape index (κ2) is 10.0. The van der Waals surface area contributed by atoms with E-state index in [-0.39, 0.29) is 11.4 Å². The number of sulfonamides is 1. The number of nitrogens with zero attached hydrogens (tertiary/aromatic N) is 1.